The fraction of sp³-hybridized carbons (Fsp3) is 0.219. The third-order valence-electron chi connectivity index (χ3n) is 7.06. The standard InChI is InChI=1S/C32H32N2O2/c1-3-22-19-24(29(22)17-18-33)9-10-25-20-32(34-31-16-15-28(35-2)21-30(25)31)23-11-13-27(14-12-23)36-26-7-5-4-6-8-26/h3-9,11-16,20-22,29H,1,10,17-19,33H2,2H3. The predicted octanol–water partition coefficient (Wildman–Crippen LogP) is 7.34. The van der Waals surface area contributed by atoms with Crippen molar-refractivity contribution in [3.05, 3.63) is 109 Å². The average Bonchev–Trinajstić information content (AvgIpc) is 2.91. The van der Waals surface area contributed by atoms with E-state index in [9.17, 15) is 0 Å². The van der Waals surface area contributed by atoms with Crippen LogP contribution < -0.4 is 15.2 Å². The largest absolute Gasteiger partial charge is 0.497 e. The molecule has 1 heterocycles. The third-order valence-corrected chi connectivity index (χ3v) is 7.06. The van der Waals surface area contributed by atoms with Gasteiger partial charge in [0.2, 0.25) is 0 Å². The van der Waals surface area contributed by atoms with E-state index >= 15 is 0 Å². The minimum Gasteiger partial charge on any atom is -0.497 e. The van der Waals surface area contributed by atoms with Crippen LogP contribution in [0.5, 0.6) is 17.2 Å². The normalized spacial score (nSPS) is 18.1. The molecule has 1 fully saturated rings. The summed E-state index contributed by atoms with van der Waals surface area (Å²) in [6.07, 6.45) is 7.39. The zero-order chi connectivity index (χ0) is 24.9. The van der Waals surface area contributed by atoms with Gasteiger partial charge in [-0.3, -0.25) is 0 Å². The first-order chi connectivity index (χ1) is 17.7. The Balaban J connectivity index is 1.46. The maximum atomic E-state index is 5.96. The van der Waals surface area contributed by atoms with Crippen LogP contribution in [0.25, 0.3) is 22.2 Å². The van der Waals surface area contributed by atoms with Crippen molar-refractivity contribution in [2.75, 3.05) is 13.7 Å². The molecule has 36 heavy (non-hydrogen) atoms. The van der Waals surface area contributed by atoms with E-state index in [1.165, 1.54) is 11.1 Å². The minimum atomic E-state index is 0.520. The van der Waals surface area contributed by atoms with Gasteiger partial charge in [-0.25, -0.2) is 4.98 Å². The van der Waals surface area contributed by atoms with Gasteiger partial charge in [0.25, 0.3) is 0 Å². The van der Waals surface area contributed by atoms with Crippen molar-refractivity contribution in [3.63, 3.8) is 0 Å². The van der Waals surface area contributed by atoms with Gasteiger partial charge in [0.15, 0.2) is 0 Å². The van der Waals surface area contributed by atoms with Gasteiger partial charge in [0, 0.05) is 10.9 Å². The Morgan fingerprint density at radius 3 is 2.44 bits per heavy atom. The van der Waals surface area contributed by atoms with E-state index < -0.39 is 0 Å². The van der Waals surface area contributed by atoms with E-state index in [1.807, 2.05) is 54.6 Å². The predicted molar refractivity (Wildman–Crippen MR) is 147 cm³/mol. The highest BCUT2D eigenvalue weighted by molar-refractivity contribution is 5.86. The molecule has 0 bridgehead atoms. The summed E-state index contributed by atoms with van der Waals surface area (Å²) < 4.78 is 11.5. The first kappa shape index (κ1) is 23.8. The fourth-order valence-corrected chi connectivity index (χ4v) is 5.02. The summed E-state index contributed by atoms with van der Waals surface area (Å²) >= 11 is 0. The molecule has 3 aromatic carbocycles. The smallest absolute Gasteiger partial charge is 0.127 e. The Bertz CT molecular complexity index is 1380. The van der Waals surface area contributed by atoms with Crippen molar-refractivity contribution in [3.8, 4) is 28.5 Å². The second kappa shape index (κ2) is 10.8. The second-order valence-corrected chi connectivity index (χ2v) is 9.26. The number of hydrogen-bond donors (Lipinski definition) is 1. The van der Waals surface area contributed by atoms with Gasteiger partial charge in [-0.2, -0.15) is 0 Å². The molecule has 0 saturated heterocycles. The van der Waals surface area contributed by atoms with Gasteiger partial charge in [0.1, 0.15) is 17.2 Å². The van der Waals surface area contributed by atoms with Gasteiger partial charge in [-0.15, -0.1) is 6.58 Å². The molecule has 2 atom stereocenters. The topological polar surface area (TPSA) is 57.4 Å². The quantitative estimate of drug-likeness (QED) is 0.257. The Morgan fingerprint density at radius 2 is 1.72 bits per heavy atom. The molecule has 1 aliphatic rings. The van der Waals surface area contributed by atoms with Gasteiger partial charge >= 0.3 is 0 Å². The van der Waals surface area contributed by atoms with Crippen molar-refractivity contribution in [1.82, 2.24) is 4.98 Å². The zero-order valence-electron chi connectivity index (χ0n) is 20.7. The monoisotopic (exact) mass is 476 g/mol. The van der Waals surface area contributed by atoms with Crippen molar-refractivity contribution >= 4 is 10.9 Å². The molecule has 182 valence electrons. The minimum absolute atomic E-state index is 0.520. The summed E-state index contributed by atoms with van der Waals surface area (Å²) in [6.45, 7) is 4.71. The van der Waals surface area contributed by atoms with E-state index in [2.05, 4.69) is 43.0 Å². The number of methoxy groups -OCH3 is 1. The third kappa shape index (κ3) is 5.05. The number of benzene rings is 3. The molecule has 0 radical (unpaired) electrons. The highest BCUT2D eigenvalue weighted by Gasteiger charge is 2.32. The number of pyridine rings is 1. The Kier molecular flexibility index (Phi) is 7.15. The highest BCUT2D eigenvalue weighted by atomic mass is 16.5. The first-order valence-corrected chi connectivity index (χ1v) is 12.5. The fourth-order valence-electron chi connectivity index (χ4n) is 5.02. The molecule has 1 aliphatic carbocycles. The number of fused-ring (bicyclic) bond motifs is 1. The van der Waals surface area contributed by atoms with Crippen LogP contribution in [0, 0.1) is 11.8 Å². The van der Waals surface area contributed by atoms with Gasteiger partial charge in [0.05, 0.1) is 18.3 Å². The molecule has 4 nitrogen and oxygen atoms in total. The van der Waals surface area contributed by atoms with Crippen molar-refractivity contribution < 1.29 is 9.47 Å². The molecule has 1 saturated carbocycles. The van der Waals surface area contributed by atoms with Crippen LogP contribution in [-0.4, -0.2) is 18.6 Å². The number of nitrogens with zero attached hydrogens (tertiary/aromatic N) is 1. The Labute approximate surface area is 213 Å². The van der Waals surface area contributed by atoms with E-state index in [0.29, 0.717) is 18.4 Å². The number of para-hydroxylation sites is 1. The maximum Gasteiger partial charge on any atom is 0.127 e. The van der Waals surface area contributed by atoms with Crippen LogP contribution in [0.15, 0.2) is 103 Å². The van der Waals surface area contributed by atoms with Gasteiger partial charge in [-0.1, -0.05) is 35.9 Å². The van der Waals surface area contributed by atoms with Crippen LogP contribution in [0.3, 0.4) is 0 Å². The lowest BCUT2D eigenvalue weighted by Gasteiger charge is -2.38. The number of hydrogen-bond acceptors (Lipinski definition) is 4. The van der Waals surface area contributed by atoms with Crippen LogP contribution in [0.2, 0.25) is 0 Å². The summed E-state index contributed by atoms with van der Waals surface area (Å²) in [5.74, 6) is 3.52. The molecule has 0 spiro atoms. The molecule has 4 heteroatoms. The number of ether oxygens (including phenoxy) is 2. The number of aromatic nitrogens is 1. The molecule has 0 amide bonds. The van der Waals surface area contributed by atoms with E-state index in [0.717, 1.165) is 58.7 Å². The molecule has 0 aliphatic heterocycles. The molecule has 5 rings (SSSR count). The molecule has 4 aromatic rings. The van der Waals surface area contributed by atoms with Crippen molar-refractivity contribution in [2.45, 2.75) is 19.3 Å². The molecular formula is C32H32N2O2. The zero-order valence-corrected chi connectivity index (χ0v) is 20.7. The van der Waals surface area contributed by atoms with Crippen molar-refractivity contribution in [1.29, 1.82) is 0 Å². The number of nitrogens with two attached hydrogens (primary N) is 1. The van der Waals surface area contributed by atoms with E-state index in [-0.39, 0.29) is 0 Å². The summed E-state index contributed by atoms with van der Waals surface area (Å²) in [5.41, 5.74) is 11.6. The SMILES string of the molecule is C=CC1CC(=CCc2cc(-c3ccc(Oc4ccccc4)cc3)nc3ccc(OC)cc23)C1CCN. The average molecular weight is 477 g/mol. The first-order valence-electron chi connectivity index (χ1n) is 12.5. The van der Waals surface area contributed by atoms with Gasteiger partial charge in [-0.05, 0) is 104 Å². The summed E-state index contributed by atoms with van der Waals surface area (Å²) in [6, 6.07) is 26.2. The van der Waals surface area contributed by atoms with Crippen molar-refractivity contribution in [2.24, 2.45) is 17.6 Å². The Morgan fingerprint density at radius 1 is 0.972 bits per heavy atom. The Hall–Kier alpha value is -3.89. The highest BCUT2D eigenvalue weighted by Crippen LogP contribution is 2.43. The second-order valence-electron chi connectivity index (χ2n) is 9.26. The molecule has 1 aromatic heterocycles. The number of allylic oxidation sites excluding steroid dienone is 3. The van der Waals surface area contributed by atoms with Gasteiger partial charge < -0.3 is 15.2 Å². The lowest BCUT2D eigenvalue weighted by Crippen LogP contribution is -2.29. The van der Waals surface area contributed by atoms with Crippen LogP contribution in [-0.2, 0) is 6.42 Å². The van der Waals surface area contributed by atoms with E-state index in [4.69, 9.17) is 20.2 Å². The summed E-state index contributed by atoms with van der Waals surface area (Å²) in [5, 5.41) is 1.12. The van der Waals surface area contributed by atoms with Crippen LogP contribution in [0.4, 0.5) is 0 Å². The molecule has 2 unspecified atom stereocenters. The molecular weight excluding hydrogens is 444 g/mol. The van der Waals surface area contributed by atoms with Crippen LogP contribution >= 0.6 is 0 Å². The van der Waals surface area contributed by atoms with Crippen LogP contribution in [0.1, 0.15) is 18.4 Å². The van der Waals surface area contributed by atoms with E-state index in [1.54, 1.807) is 7.11 Å². The molecule has 2 N–H and O–H groups in total. The summed E-state index contributed by atoms with van der Waals surface area (Å²) in [4.78, 5) is 4.98. The maximum absolute atomic E-state index is 5.96. The lowest BCUT2D eigenvalue weighted by molar-refractivity contribution is 0.321. The lowest BCUT2D eigenvalue weighted by atomic mass is 9.67. The number of rotatable bonds is 9. The summed E-state index contributed by atoms with van der Waals surface area (Å²) in [7, 11) is 1.70.